The summed E-state index contributed by atoms with van der Waals surface area (Å²) in [5.74, 6) is 0.412. The van der Waals surface area contributed by atoms with E-state index in [0.29, 0.717) is 24.6 Å². The number of amides is 1. The standard InChI is InChI=1S/C19H21N5O4/c25-19(13-1-5-16(21-14-2-3-14)17(11-13)24(26)27)22-15-4-6-18(20-12-15)23-7-9-28-10-8-23/h1,4-6,11-12,14,21H,2-3,7-10H2,(H,22,25). The summed E-state index contributed by atoms with van der Waals surface area (Å²) in [6.45, 7) is 2.91. The van der Waals surface area contributed by atoms with Crippen LogP contribution in [0, 0.1) is 10.1 Å². The van der Waals surface area contributed by atoms with E-state index in [4.69, 9.17) is 4.74 Å². The number of carbonyl (C=O) groups is 1. The van der Waals surface area contributed by atoms with E-state index in [1.807, 2.05) is 6.07 Å². The molecule has 1 aliphatic heterocycles. The molecular formula is C19H21N5O4. The van der Waals surface area contributed by atoms with Crippen molar-refractivity contribution >= 4 is 28.8 Å². The highest BCUT2D eigenvalue weighted by Gasteiger charge is 2.25. The van der Waals surface area contributed by atoms with Crippen LogP contribution < -0.4 is 15.5 Å². The Bertz CT molecular complexity index is 876. The van der Waals surface area contributed by atoms with Crippen molar-refractivity contribution in [2.75, 3.05) is 41.8 Å². The molecule has 1 aromatic carbocycles. The lowest BCUT2D eigenvalue weighted by molar-refractivity contribution is -0.384. The second kappa shape index (κ2) is 7.81. The molecule has 9 nitrogen and oxygen atoms in total. The van der Waals surface area contributed by atoms with E-state index >= 15 is 0 Å². The number of nitro benzene ring substituents is 1. The van der Waals surface area contributed by atoms with Crippen LogP contribution in [-0.4, -0.2) is 48.2 Å². The minimum Gasteiger partial charge on any atom is -0.378 e. The van der Waals surface area contributed by atoms with Gasteiger partial charge in [-0.2, -0.15) is 0 Å². The van der Waals surface area contributed by atoms with E-state index in [2.05, 4.69) is 20.5 Å². The summed E-state index contributed by atoms with van der Waals surface area (Å²) < 4.78 is 5.33. The number of nitrogens with one attached hydrogen (secondary N) is 2. The number of hydrogen-bond acceptors (Lipinski definition) is 7. The first kappa shape index (κ1) is 18.2. The number of nitrogens with zero attached hydrogens (tertiary/aromatic N) is 3. The number of pyridine rings is 1. The number of nitro groups is 1. The van der Waals surface area contributed by atoms with Gasteiger partial charge in [-0.05, 0) is 37.1 Å². The van der Waals surface area contributed by atoms with E-state index in [-0.39, 0.29) is 17.3 Å². The molecule has 2 aromatic rings. The summed E-state index contributed by atoms with van der Waals surface area (Å²) >= 11 is 0. The zero-order valence-electron chi connectivity index (χ0n) is 15.3. The van der Waals surface area contributed by atoms with Gasteiger partial charge in [0.25, 0.3) is 11.6 Å². The van der Waals surface area contributed by atoms with Crippen molar-refractivity contribution in [1.82, 2.24) is 4.98 Å². The molecule has 0 radical (unpaired) electrons. The van der Waals surface area contributed by atoms with Crippen LogP contribution in [0.1, 0.15) is 23.2 Å². The number of carbonyl (C=O) groups excluding carboxylic acids is 1. The number of aromatic nitrogens is 1. The highest BCUT2D eigenvalue weighted by molar-refractivity contribution is 6.05. The first-order chi connectivity index (χ1) is 13.6. The van der Waals surface area contributed by atoms with Crippen LogP contribution in [0.15, 0.2) is 36.5 Å². The maximum absolute atomic E-state index is 12.5. The second-order valence-electron chi connectivity index (χ2n) is 6.87. The number of hydrogen-bond donors (Lipinski definition) is 2. The molecule has 2 heterocycles. The van der Waals surface area contributed by atoms with Crippen molar-refractivity contribution in [1.29, 1.82) is 0 Å². The first-order valence-electron chi connectivity index (χ1n) is 9.25. The minimum atomic E-state index is -0.472. The molecule has 1 saturated carbocycles. The molecule has 4 rings (SSSR count). The van der Waals surface area contributed by atoms with Gasteiger partial charge in [-0.3, -0.25) is 14.9 Å². The normalized spacial score (nSPS) is 16.5. The number of rotatable bonds is 6. The largest absolute Gasteiger partial charge is 0.378 e. The lowest BCUT2D eigenvalue weighted by Crippen LogP contribution is -2.36. The highest BCUT2D eigenvalue weighted by Crippen LogP contribution is 2.31. The van der Waals surface area contributed by atoms with Crippen LogP contribution in [0.25, 0.3) is 0 Å². The number of ether oxygens (including phenoxy) is 1. The fourth-order valence-electron chi connectivity index (χ4n) is 3.04. The lowest BCUT2D eigenvalue weighted by atomic mass is 10.1. The van der Waals surface area contributed by atoms with Gasteiger partial charge in [-0.25, -0.2) is 4.98 Å². The monoisotopic (exact) mass is 383 g/mol. The summed E-state index contributed by atoms with van der Waals surface area (Å²) in [5, 5.41) is 17.2. The van der Waals surface area contributed by atoms with Gasteiger partial charge in [0.05, 0.1) is 30.0 Å². The third-order valence-electron chi connectivity index (χ3n) is 4.73. The van der Waals surface area contributed by atoms with Gasteiger partial charge >= 0.3 is 0 Å². The molecule has 9 heteroatoms. The Hall–Kier alpha value is -3.20. The SMILES string of the molecule is O=C(Nc1ccc(N2CCOCC2)nc1)c1ccc(NC2CC2)c([N+](=O)[O-])c1. The maximum atomic E-state index is 12.5. The van der Waals surface area contributed by atoms with E-state index in [9.17, 15) is 14.9 Å². The number of benzene rings is 1. The molecule has 146 valence electrons. The topological polar surface area (TPSA) is 110 Å². The lowest BCUT2D eigenvalue weighted by Gasteiger charge is -2.27. The van der Waals surface area contributed by atoms with Gasteiger partial charge in [0.1, 0.15) is 11.5 Å². The van der Waals surface area contributed by atoms with Crippen molar-refractivity contribution in [3.05, 3.63) is 52.2 Å². The van der Waals surface area contributed by atoms with Crippen molar-refractivity contribution in [2.45, 2.75) is 18.9 Å². The van der Waals surface area contributed by atoms with Gasteiger partial charge in [-0.1, -0.05) is 0 Å². The molecule has 1 aliphatic carbocycles. The number of anilines is 3. The van der Waals surface area contributed by atoms with E-state index in [0.717, 1.165) is 31.7 Å². The first-order valence-corrected chi connectivity index (χ1v) is 9.25. The van der Waals surface area contributed by atoms with E-state index in [1.54, 1.807) is 24.4 Å². The zero-order chi connectivity index (χ0) is 19.5. The van der Waals surface area contributed by atoms with Gasteiger partial charge in [0, 0.05) is 30.8 Å². The van der Waals surface area contributed by atoms with Gasteiger partial charge < -0.3 is 20.3 Å². The Morgan fingerprint density at radius 1 is 1.21 bits per heavy atom. The average Bonchev–Trinajstić information content (AvgIpc) is 3.53. The molecule has 1 amide bonds. The van der Waals surface area contributed by atoms with Crippen molar-refractivity contribution in [2.24, 2.45) is 0 Å². The van der Waals surface area contributed by atoms with Gasteiger partial charge in [0.2, 0.25) is 0 Å². The van der Waals surface area contributed by atoms with E-state index < -0.39 is 10.8 Å². The molecule has 28 heavy (non-hydrogen) atoms. The molecule has 2 N–H and O–H groups in total. The highest BCUT2D eigenvalue weighted by atomic mass is 16.6. The second-order valence-corrected chi connectivity index (χ2v) is 6.87. The van der Waals surface area contributed by atoms with E-state index in [1.165, 1.54) is 6.07 Å². The Kier molecular flexibility index (Phi) is 5.07. The molecule has 0 bridgehead atoms. The zero-order valence-corrected chi connectivity index (χ0v) is 15.3. The molecule has 1 saturated heterocycles. The maximum Gasteiger partial charge on any atom is 0.293 e. The number of morpholine rings is 1. The van der Waals surface area contributed by atoms with Crippen LogP contribution in [0.2, 0.25) is 0 Å². The molecule has 2 fully saturated rings. The summed E-state index contributed by atoms with van der Waals surface area (Å²) in [6, 6.07) is 8.37. The van der Waals surface area contributed by atoms with Gasteiger partial charge in [-0.15, -0.1) is 0 Å². The smallest absolute Gasteiger partial charge is 0.293 e. The third kappa shape index (κ3) is 4.20. The molecule has 0 atom stereocenters. The van der Waals surface area contributed by atoms with Crippen molar-refractivity contribution in [3.63, 3.8) is 0 Å². The fourth-order valence-corrected chi connectivity index (χ4v) is 3.04. The molecule has 0 unspecified atom stereocenters. The van der Waals surface area contributed by atoms with Crippen LogP contribution >= 0.6 is 0 Å². The molecular weight excluding hydrogens is 362 g/mol. The predicted molar refractivity (Wildman–Crippen MR) is 105 cm³/mol. The molecule has 2 aliphatic rings. The Balaban J connectivity index is 1.45. The summed E-state index contributed by atoms with van der Waals surface area (Å²) in [4.78, 5) is 29.9. The minimum absolute atomic E-state index is 0.0969. The third-order valence-corrected chi connectivity index (χ3v) is 4.73. The molecule has 1 aromatic heterocycles. The van der Waals surface area contributed by atoms with Crippen molar-refractivity contribution < 1.29 is 14.5 Å². The van der Waals surface area contributed by atoms with Crippen LogP contribution in [0.5, 0.6) is 0 Å². The van der Waals surface area contributed by atoms with Gasteiger partial charge in [0.15, 0.2) is 0 Å². The van der Waals surface area contributed by atoms with Crippen LogP contribution in [0.4, 0.5) is 22.9 Å². The summed E-state index contributed by atoms with van der Waals surface area (Å²) in [5.41, 5.74) is 1.11. The average molecular weight is 383 g/mol. The fraction of sp³-hybridized carbons (Fsp3) is 0.368. The Morgan fingerprint density at radius 2 is 2.00 bits per heavy atom. The van der Waals surface area contributed by atoms with Crippen LogP contribution in [0.3, 0.4) is 0 Å². The quantitative estimate of drug-likeness (QED) is 0.583. The Morgan fingerprint density at radius 3 is 2.64 bits per heavy atom. The van der Waals surface area contributed by atoms with Crippen LogP contribution in [-0.2, 0) is 4.74 Å². The summed E-state index contributed by atoms with van der Waals surface area (Å²) in [6.07, 6.45) is 3.60. The molecule has 0 spiro atoms. The van der Waals surface area contributed by atoms with Crippen molar-refractivity contribution in [3.8, 4) is 0 Å². The Labute approximate surface area is 161 Å². The predicted octanol–water partition coefficient (Wildman–Crippen LogP) is 2.65. The summed E-state index contributed by atoms with van der Waals surface area (Å²) in [7, 11) is 0.